The number of para-hydroxylation sites is 2. The minimum absolute atomic E-state index is 0.0605. The summed E-state index contributed by atoms with van der Waals surface area (Å²) < 4.78 is 5.39. The van der Waals surface area contributed by atoms with Crippen LogP contribution in [0.1, 0.15) is 0 Å². The van der Waals surface area contributed by atoms with Gasteiger partial charge in [0.1, 0.15) is 11.9 Å². The van der Waals surface area contributed by atoms with Crippen LogP contribution in [0, 0.1) is 10.1 Å². The molecule has 0 bridgehead atoms. The highest BCUT2D eigenvalue weighted by atomic mass is 16.6. The fourth-order valence-electron chi connectivity index (χ4n) is 2.83. The van der Waals surface area contributed by atoms with E-state index in [-0.39, 0.29) is 18.9 Å². The van der Waals surface area contributed by atoms with E-state index in [1.54, 1.807) is 0 Å². The summed E-state index contributed by atoms with van der Waals surface area (Å²) in [7, 11) is 0. The van der Waals surface area contributed by atoms with Gasteiger partial charge in [-0.25, -0.2) is 4.98 Å². The number of ether oxygens (including phenoxy) is 1. The summed E-state index contributed by atoms with van der Waals surface area (Å²) in [5.74, 6) is 0. The summed E-state index contributed by atoms with van der Waals surface area (Å²) in [6.07, 6.45) is 1.29. The maximum absolute atomic E-state index is 11.7. The molecule has 7 heteroatoms. The first-order valence-electron chi connectivity index (χ1n) is 8.25. The largest absolute Gasteiger partial charge is 0.394 e. The van der Waals surface area contributed by atoms with Gasteiger partial charge in [-0.3, -0.25) is 10.1 Å². The summed E-state index contributed by atoms with van der Waals surface area (Å²) >= 11 is 0. The maximum Gasteiger partial charge on any atom is 0.311 e. The second-order valence-corrected chi connectivity index (χ2v) is 5.59. The average Bonchev–Trinajstić information content (AvgIpc) is 2.68. The normalized spacial score (nSPS) is 10.8. The Morgan fingerprint density at radius 1 is 1.08 bits per heavy atom. The van der Waals surface area contributed by atoms with E-state index in [4.69, 9.17) is 9.84 Å². The Morgan fingerprint density at radius 2 is 1.81 bits per heavy atom. The Kier molecular flexibility index (Phi) is 5.73. The molecule has 0 radical (unpaired) electrons. The summed E-state index contributed by atoms with van der Waals surface area (Å²) in [4.78, 5) is 17.3. The molecule has 3 rings (SSSR count). The van der Waals surface area contributed by atoms with Crippen LogP contribution in [-0.4, -0.2) is 41.4 Å². The molecule has 134 valence electrons. The Hall–Kier alpha value is -3.03. The van der Waals surface area contributed by atoms with Crippen LogP contribution in [0.5, 0.6) is 0 Å². The van der Waals surface area contributed by atoms with Gasteiger partial charge in [-0.15, -0.1) is 0 Å². The zero-order valence-corrected chi connectivity index (χ0v) is 14.1. The standard InChI is InChI=1S/C19H19N3O4/c23-11-13-26-12-10-21(15-6-2-1-3-7-15)19-16-8-4-5-9-17(16)20-14-18(19)22(24)25/h1-9,14,23H,10-13H2. The first-order chi connectivity index (χ1) is 12.7. The van der Waals surface area contributed by atoms with E-state index in [1.807, 2.05) is 59.5 Å². The number of nitrogens with zero attached hydrogens (tertiary/aromatic N) is 3. The van der Waals surface area contributed by atoms with Crippen molar-refractivity contribution in [3.63, 3.8) is 0 Å². The predicted octanol–water partition coefficient (Wildman–Crippen LogP) is 3.29. The Bertz CT molecular complexity index is 886. The number of nitro groups is 1. The molecule has 1 N–H and O–H groups in total. The van der Waals surface area contributed by atoms with Crippen LogP contribution in [0.3, 0.4) is 0 Å². The van der Waals surface area contributed by atoms with E-state index in [9.17, 15) is 10.1 Å². The number of benzene rings is 2. The maximum atomic E-state index is 11.7. The highest BCUT2D eigenvalue weighted by molar-refractivity contribution is 5.98. The second kappa shape index (κ2) is 8.37. The first-order valence-corrected chi connectivity index (χ1v) is 8.25. The predicted molar refractivity (Wildman–Crippen MR) is 99.8 cm³/mol. The van der Waals surface area contributed by atoms with Crippen LogP contribution in [0.2, 0.25) is 0 Å². The van der Waals surface area contributed by atoms with Crippen molar-refractivity contribution in [1.82, 2.24) is 4.98 Å². The van der Waals surface area contributed by atoms with Gasteiger partial charge < -0.3 is 14.7 Å². The monoisotopic (exact) mass is 353 g/mol. The zero-order valence-electron chi connectivity index (χ0n) is 14.1. The third kappa shape index (κ3) is 3.79. The molecule has 0 spiro atoms. The third-order valence-electron chi connectivity index (χ3n) is 3.96. The van der Waals surface area contributed by atoms with Gasteiger partial charge in [0, 0.05) is 17.6 Å². The average molecular weight is 353 g/mol. The summed E-state index contributed by atoms with van der Waals surface area (Å²) in [6, 6.07) is 16.8. The third-order valence-corrected chi connectivity index (χ3v) is 3.96. The molecule has 0 saturated carbocycles. The topological polar surface area (TPSA) is 88.7 Å². The molecule has 7 nitrogen and oxygen atoms in total. The highest BCUT2D eigenvalue weighted by Crippen LogP contribution is 2.38. The van der Waals surface area contributed by atoms with Crippen LogP contribution in [0.4, 0.5) is 17.1 Å². The fourth-order valence-corrected chi connectivity index (χ4v) is 2.83. The summed E-state index contributed by atoms with van der Waals surface area (Å²) in [6.45, 7) is 0.883. The highest BCUT2D eigenvalue weighted by Gasteiger charge is 2.24. The van der Waals surface area contributed by atoms with Crippen LogP contribution in [0.15, 0.2) is 60.8 Å². The fraction of sp³-hybridized carbons (Fsp3) is 0.211. The van der Waals surface area contributed by atoms with Gasteiger partial charge >= 0.3 is 5.69 Å². The van der Waals surface area contributed by atoms with Gasteiger partial charge in [-0.1, -0.05) is 36.4 Å². The quantitative estimate of drug-likeness (QED) is 0.380. The minimum Gasteiger partial charge on any atom is -0.394 e. The van der Waals surface area contributed by atoms with Crippen molar-refractivity contribution in [3.8, 4) is 0 Å². The lowest BCUT2D eigenvalue weighted by molar-refractivity contribution is -0.384. The van der Waals surface area contributed by atoms with Gasteiger partial charge in [-0.2, -0.15) is 0 Å². The molecule has 0 aliphatic carbocycles. The van der Waals surface area contributed by atoms with Gasteiger partial charge in [0.05, 0.1) is 30.3 Å². The molecule has 0 aliphatic heterocycles. The lowest BCUT2D eigenvalue weighted by atomic mass is 10.1. The Labute approximate surface area is 150 Å². The van der Waals surface area contributed by atoms with Crippen molar-refractivity contribution in [2.75, 3.05) is 31.3 Å². The summed E-state index contributed by atoms with van der Waals surface area (Å²) in [5.41, 5.74) is 1.93. The van der Waals surface area contributed by atoms with Crippen molar-refractivity contribution in [1.29, 1.82) is 0 Å². The van der Waals surface area contributed by atoms with E-state index in [0.717, 1.165) is 5.69 Å². The molecule has 0 saturated heterocycles. The van der Waals surface area contributed by atoms with Crippen molar-refractivity contribution >= 4 is 28.0 Å². The molecular formula is C19H19N3O4. The van der Waals surface area contributed by atoms with E-state index in [0.29, 0.717) is 29.7 Å². The molecule has 2 aromatic carbocycles. The van der Waals surface area contributed by atoms with Gasteiger partial charge in [0.2, 0.25) is 0 Å². The molecule has 0 fully saturated rings. The molecule has 1 aromatic heterocycles. The molecule has 3 aromatic rings. The number of aromatic nitrogens is 1. The van der Waals surface area contributed by atoms with Crippen LogP contribution >= 0.6 is 0 Å². The lowest BCUT2D eigenvalue weighted by Crippen LogP contribution is -2.24. The van der Waals surface area contributed by atoms with Gasteiger partial charge in [-0.05, 0) is 18.2 Å². The van der Waals surface area contributed by atoms with Crippen LogP contribution in [-0.2, 0) is 4.74 Å². The minimum atomic E-state index is -0.417. The van der Waals surface area contributed by atoms with Crippen molar-refractivity contribution < 1.29 is 14.8 Å². The van der Waals surface area contributed by atoms with Crippen LogP contribution < -0.4 is 4.90 Å². The molecule has 0 amide bonds. The molecule has 0 aliphatic rings. The molecule has 0 unspecified atom stereocenters. The number of anilines is 2. The lowest BCUT2D eigenvalue weighted by Gasteiger charge is -2.25. The molecule has 0 atom stereocenters. The van der Waals surface area contributed by atoms with Gasteiger partial charge in [0.25, 0.3) is 0 Å². The smallest absolute Gasteiger partial charge is 0.311 e. The van der Waals surface area contributed by atoms with Crippen molar-refractivity contribution in [2.24, 2.45) is 0 Å². The van der Waals surface area contributed by atoms with Crippen molar-refractivity contribution in [3.05, 3.63) is 70.9 Å². The van der Waals surface area contributed by atoms with Crippen molar-refractivity contribution in [2.45, 2.75) is 0 Å². The number of rotatable bonds is 8. The first kappa shape index (κ1) is 17.8. The number of pyridine rings is 1. The van der Waals surface area contributed by atoms with Gasteiger partial charge in [0.15, 0.2) is 0 Å². The number of aliphatic hydroxyl groups is 1. The number of hydrogen-bond donors (Lipinski definition) is 1. The van der Waals surface area contributed by atoms with E-state index >= 15 is 0 Å². The Balaban J connectivity index is 2.13. The molecule has 26 heavy (non-hydrogen) atoms. The van der Waals surface area contributed by atoms with E-state index in [1.165, 1.54) is 6.20 Å². The van der Waals surface area contributed by atoms with Crippen LogP contribution in [0.25, 0.3) is 10.9 Å². The van der Waals surface area contributed by atoms with E-state index < -0.39 is 4.92 Å². The number of aliphatic hydroxyl groups excluding tert-OH is 1. The summed E-state index contributed by atoms with van der Waals surface area (Å²) in [5, 5.41) is 21.2. The van der Waals surface area contributed by atoms with E-state index in [2.05, 4.69) is 4.98 Å². The molecular weight excluding hydrogens is 334 g/mol. The molecule has 1 heterocycles. The zero-order chi connectivity index (χ0) is 18.4. The SMILES string of the molecule is O=[N+]([O-])c1cnc2ccccc2c1N(CCOCCO)c1ccccc1. The second-order valence-electron chi connectivity index (χ2n) is 5.59. The number of hydrogen-bond acceptors (Lipinski definition) is 6. The number of fused-ring (bicyclic) bond motifs is 1. The Morgan fingerprint density at radius 3 is 2.54 bits per heavy atom.